The molecule has 1 unspecified atom stereocenters. The summed E-state index contributed by atoms with van der Waals surface area (Å²) in [6.07, 6.45) is 11.5. The molecule has 0 spiro atoms. The summed E-state index contributed by atoms with van der Waals surface area (Å²) < 4.78 is 11.1. The second kappa shape index (κ2) is 10.7. The minimum absolute atomic E-state index is 0.333. The van der Waals surface area contributed by atoms with Crippen LogP contribution in [0, 0.1) is 0 Å². The number of pyridine rings is 1. The summed E-state index contributed by atoms with van der Waals surface area (Å²) in [5.41, 5.74) is 3.57. The smallest absolute Gasteiger partial charge is 0.122 e. The number of rotatable bonds is 9. The van der Waals surface area contributed by atoms with Crippen molar-refractivity contribution >= 4 is 24.0 Å². The van der Waals surface area contributed by atoms with Crippen LogP contribution in [-0.4, -0.2) is 47.8 Å². The molecule has 1 aromatic carbocycles. The first-order valence-corrected chi connectivity index (χ1v) is 11.6. The Morgan fingerprint density at radius 1 is 1.23 bits per heavy atom. The molecule has 30 heavy (non-hydrogen) atoms. The Bertz CT molecular complexity index is 833. The van der Waals surface area contributed by atoms with Crippen molar-refractivity contribution in [2.45, 2.75) is 45.1 Å². The summed E-state index contributed by atoms with van der Waals surface area (Å²) in [7, 11) is 0. The average molecular weight is 427 g/mol. The van der Waals surface area contributed by atoms with Gasteiger partial charge < -0.3 is 13.9 Å². The number of aryl methyl sites for hydroxylation is 1. The van der Waals surface area contributed by atoms with Crippen LogP contribution >= 0.6 is 12.1 Å². The van der Waals surface area contributed by atoms with Crippen molar-refractivity contribution in [3.63, 3.8) is 0 Å². The van der Waals surface area contributed by atoms with Gasteiger partial charge in [0.25, 0.3) is 0 Å². The van der Waals surface area contributed by atoms with Gasteiger partial charge in [-0.05, 0) is 80.5 Å². The zero-order chi connectivity index (χ0) is 20.6. The lowest BCUT2D eigenvalue weighted by Crippen LogP contribution is -2.23. The molecule has 0 aliphatic carbocycles. The highest BCUT2D eigenvalue weighted by molar-refractivity contribution is 7.98. The molecule has 3 heterocycles. The molecule has 0 amide bonds. The van der Waals surface area contributed by atoms with E-state index in [0.717, 1.165) is 50.2 Å². The third kappa shape index (κ3) is 5.67. The third-order valence-electron chi connectivity index (χ3n) is 5.42. The molecular weight excluding hydrogens is 396 g/mol. The summed E-state index contributed by atoms with van der Waals surface area (Å²) in [5.74, 6) is 1.03. The molecule has 1 fully saturated rings. The molecule has 7 heteroatoms. The first-order chi connectivity index (χ1) is 14.8. The predicted octanol–water partition coefficient (Wildman–Crippen LogP) is 4.70. The molecule has 2 aliphatic heterocycles. The maximum atomic E-state index is 6.25. The van der Waals surface area contributed by atoms with E-state index in [9.17, 15) is 0 Å². The number of unbranched alkanes of at least 4 members (excludes halogenated alkanes) is 1. The van der Waals surface area contributed by atoms with Gasteiger partial charge in [-0.25, -0.2) is 4.31 Å². The molecule has 6 nitrogen and oxygen atoms in total. The third-order valence-corrected chi connectivity index (χ3v) is 6.61. The second-order valence-corrected chi connectivity index (χ2v) is 8.73. The van der Waals surface area contributed by atoms with E-state index in [0.29, 0.717) is 12.7 Å². The van der Waals surface area contributed by atoms with Gasteiger partial charge in [-0.2, -0.15) is 0 Å². The van der Waals surface area contributed by atoms with Gasteiger partial charge >= 0.3 is 0 Å². The summed E-state index contributed by atoms with van der Waals surface area (Å²) in [6.45, 7) is 5.81. The van der Waals surface area contributed by atoms with Crippen molar-refractivity contribution in [3.8, 4) is 5.75 Å². The van der Waals surface area contributed by atoms with Gasteiger partial charge in [-0.1, -0.05) is 5.16 Å². The Morgan fingerprint density at radius 2 is 2.13 bits per heavy atom. The highest BCUT2D eigenvalue weighted by atomic mass is 32.2. The number of hydrogen-bond donors (Lipinski definition) is 0. The normalized spacial score (nSPS) is 19.1. The zero-order valence-corrected chi connectivity index (χ0v) is 18.4. The SMILES string of the molecule is CCO/N=C/c1ccc2c(c1)CCC(CCCCN1CCN(c3ccncc3)S1)O2. The number of oxime groups is 1. The maximum absolute atomic E-state index is 6.25. The molecule has 0 N–H and O–H groups in total. The van der Waals surface area contributed by atoms with Gasteiger partial charge in [0.15, 0.2) is 0 Å². The van der Waals surface area contributed by atoms with Crippen LogP contribution < -0.4 is 9.04 Å². The van der Waals surface area contributed by atoms with Crippen LogP contribution in [0.5, 0.6) is 5.75 Å². The fraction of sp³-hybridized carbons (Fsp3) is 0.478. The van der Waals surface area contributed by atoms with Crippen molar-refractivity contribution in [2.75, 3.05) is 30.5 Å². The van der Waals surface area contributed by atoms with Crippen LogP contribution in [-0.2, 0) is 11.3 Å². The monoisotopic (exact) mass is 426 g/mol. The number of aromatic nitrogens is 1. The molecule has 4 rings (SSSR count). The van der Waals surface area contributed by atoms with Crippen LogP contribution in [0.1, 0.15) is 43.7 Å². The number of ether oxygens (including phenoxy) is 1. The first-order valence-electron chi connectivity index (χ1n) is 10.9. The van der Waals surface area contributed by atoms with Crippen LogP contribution in [0.2, 0.25) is 0 Å². The van der Waals surface area contributed by atoms with Crippen LogP contribution in [0.25, 0.3) is 0 Å². The Kier molecular flexibility index (Phi) is 7.48. The average Bonchev–Trinajstić information content (AvgIpc) is 3.26. The van der Waals surface area contributed by atoms with Gasteiger partial charge in [0.05, 0.1) is 18.0 Å². The van der Waals surface area contributed by atoms with E-state index in [-0.39, 0.29) is 0 Å². The highest BCUT2D eigenvalue weighted by Gasteiger charge is 2.22. The number of fused-ring (bicyclic) bond motifs is 1. The van der Waals surface area contributed by atoms with Crippen molar-refractivity contribution in [1.29, 1.82) is 0 Å². The molecule has 2 aromatic rings. The summed E-state index contributed by atoms with van der Waals surface area (Å²) >= 11 is 1.84. The molecule has 0 saturated carbocycles. The van der Waals surface area contributed by atoms with Gasteiger partial charge in [0.1, 0.15) is 12.4 Å². The van der Waals surface area contributed by atoms with E-state index in [1.165, 1.54) is 24.1 Å². The summed E-state index contributed by atoms with van der Waals surface area (Å²) in [5, 5.41) is 3.95. The minimum Gasteiger partial charge on any atom is -0.490 e. The standard InChI is InChI=1S/C23H30N4O2S/c1-2-28-25-18-19-6-9-23-20(17-19)7-8-22(29-23)5-3-4-14-26-15-16-27(30-26)21-10-12-24-13-11-21/h6,9-13,17-18,22H,2-5,7-8,14-16H2,1H3/b25-18+. The van der Waals surface area contributed by atoms with Crippen LogP contribution in [0.15, 0.2) is 47.9 Å². The molecule has 1 atom stereocenters. The van der Waals surface area contributed by atoms with Crippen LogP contribution in [0.4, 0.5) is 5.69 Å². The molecule has 0 radical (unpaired) electrons. The Morgan fingerprint density at radius 3 is 3.00 bits per heavy atom. The number of nitrogens with zero attached hydrogens (tertiary/aromatic N) is 4. The predicted molar refractivity (Wildman–Crippen MR) is 123 cm³/mol. The van der Waals surface area contributed by atoms with Gasteiger partial charge in [-0.15, -0.1) is 0 Å². The van der Waals surface area contributed by atoms with Crippen molar-refractivity contribution in [2.24, 2.45) is 5.16 Å². The van der Waals surface area contributed by atoms with E-state index in [1.54, 1.807) is 6.21 Å². The van der Waals surface area contributed by atoms with E-state index >= 15 is 0 Å². The number of anilines is 1. The number of hydrogen-bond acceptors (Lipinski definition) is 7. The van der Waals surface area contributed by atoms with Gasteiger partial charge in [-0.3, -0.25) is 4.98 Å². The lowest BCUT2D eigenvalue weighted by Gasteiger charge is -2.26. The Balaban J connectivity index is 1.16. The van der Waals surface area contributed by atoms with Crippen molar-refractivity contribution < 1.29 is 9.57 Å². The van der Waals surface area contributed by atoms with E-state index < -0.39 is 0 Å². The molecule has 1 aromatic heterocycles. The van der Waals surface area contributed by atoms with Crippen molar-refractivity contribution in [1.82, 2.24) is 9.29 Å². The van der Waals surface area contributed by atoms with Crippen molar-refractivity contribution in [3.05, 3.63) is 53.9 Å². The van der Waals surface area contributed by atoms with E-state index in [4.69, 9.17) is 9.57 Å². The van der Waals surface area contributed by atoms with E-state index in [2.05, 4.69) is 43.0 Å². The molecular formula is C23H30N4O2S. The second-order valence-electron chi connectivity index (χ2n) is 7.61. The molecule has 0 bridgehead atoms. The lowest BCUT2D eigenvalue weighted by atomic mass is 9.97. The van der Waals surface area contributed by atoms with Gasteiger partial charge in [0, 0.05) is 44.2 Å². The quantitative estimate of drug-likeness (QED) is 0.251. The molecule has 160 valence electrons. The summed E-state index contributed by atoms with van der Waals surface area (Å²) in [6, 6.07) is 10.4. The van der Waals surface area contributed by atoms with Gasteiger partial charge in [0.2, 0.25) is 0 Å². The Hall–Kier alpha value is -2.25. The first kappa shape index (κ1) is 21.0. The maximum Gasteiger partial charge on any atom is 0.122 e. The fourth-order valence-electron chi connectivity index (χ4n) is 3.84. The van der Waals surface area contributed by atoms with Crippen LogP contribution in [0.3, 0.4) is 0 Å². The largest absolute Gasteiger partial charge is 0.490 e. The summed E-state index contributed by atoms with van der Waals surface area (Å²) in [4.78, 5) is 9.15. The topological polar surface area (TPSA) is 50.2 Å². The fourth-order valence-corrected chi connectivity index (χ4v) is 4.88. The highest BCUT2D eigenvalue weighted by Crippen LogP contribution is 2.31. The lowest BCUT2D eigenvalue weighted by molar-refractivity contribution is 0.159. The number of benzene rings is 1. The minimum atomic E-state index is 0.333. The van der Waals surface area contributed by atoms with E-state index in [1.807, 2.05) is 37.5 Å². The Labute approximate surface area is 183 Å². The molecule has 1 saturated heterocycles. The zero-order valence-electron chi connectivity index (χ0n) is 17.6. The molecule has 2 aliphatic rings.